The predicted octanol–water partition coefficient (Wildman–Crippen LogP) is 3.25. The van der Waals surface area contributed by atoms with E-state index in [9.17, 15) is 0 Å². The van der Waals surface area contributed by atoms with E-state index < -0.39 is 0 Å². The second-order valence-electron chi connectivity index (χ2n) is 5.07. The molecule has 100 valence electrons. The Balaban J connectivity index is 2.15. The van der Waals surface area contributed by atoms with E-state index in [1.54, 1.807) is 0 Å². The smallest absolute Gasteiger partial charge is 0.157 e. The summed E-state index contributed by atoms with van der Waals surface area (Å²) in [7, 11) is 0. The number of rotatable bonds is 0. The van der Waals surface area contributed by atoms with Crippen LogP contribution in [-0.2, 0) is 19.4 Å². The van der Waals surface area contributed by atoms with Crippen LogP contribution in [0.15, 0.2) is 15.0 Å². The Bertz CT molecular complexity index is 674. The van der Waals surface area contributed by atoms with E-state index in [2.05, 4.69) is 47.8 Å². The van der Waals surface area contributed by atoms with Crippen molar-refractivity contribution < 1.29 is 4.74 Å². The Morgan fingerprint density at radius 2 is 2.00 bits per heavy atom. The molecule has 0 aliphatic carbocycles. The van der Waals surface area contributed by atoms with Crippen molar-refractivity contribution in [3.63, 3.8) is 0 Å². The zero-order valence-corrected chi connectivity index (χ0v) is 13.6. The van der Waals surface area contributed by atoms with Gasteiger partial charge in [0.25, 0.3) is 0 Å². The minimum Gasteiger partial charge on any atom is -0.488 e. The van der Waals surface area contributed by atoms with Crippen molar-refractivity contribution in [3.8, 4) is 5.75 Å². The number of nitrogens with one attached hydrogen (secondary N) is 1. The normalized spacial score (nSPS) is 18.0. The van der Waals surface area contributed by atoms with Crippen LogP contribution in [-0.4, -0.2) is 24.3 Å². The van der Waals surface area contributed by atoms with Crippen molar-refractivity contribution in [2.75, 3.05) is 19.7 Å². The molecule has 2 aliphatic rings. The zero-order chi connectivity index (χ0) is 13.0. The van der Waals surface area contributed by atoms with Crippen molar-refractivity contribution in [3.05, 3.63) is 26.3 Å². The SMILES string of the molecule is Brc1cc(Br)c2c3c(n4c2c1OCC4)CCNCC3. The number of halogens is 2. The van der Waals surface area contributed by atoms with Gasteiger partial charge in [0.05, 0.1) is 16.5 Å². The van der Waals surface area contributed by atoms with Gasteiger partial charge in [0.1, 0.15) is 6.61 Å². The fourth-order valence-electron chi connectivity index (χ4n) is 3.30. The Labute approximate surface area is 128 Å². The Kier molecular flexibility index (Phi) is 2.90. The van der Waals surface area contributed by atoms with Gasteiger partial charge in [-0.3, -0.25) is 0 Å². The Hall–Kier alpha value is -0.520. The van der Waals surface area contributed by atoms with Crippen molar-refractivity contribution in [1.82, 2.24) is 9.88 Å². The fraction of sp³-hybridized carbons (Fsp3) is 0.429. The number of benzene rings is 1. The summed E-state index contributed by atoms with van der Waals surface area (Å²) in [5.74, 6) is 1.01. The first-order chi connectivity index (χ1) is 9.27. The molecule has 19 heavy (non-hydrogen) atoms. The molecule has 0 fully saturated rings. The number of hydrogen-bond acceptors (Lipinski definition) is 2. The molecule has 0 unspecified atom stereocenters. The van der Waals surface area contributed by atoms with Gasteiger partial charge in [-0.05, 0) is 40.5 Å². The first kappa shape index (κ1) is 12.2. The third-order valence-electron chi connectivity index (χ3n) is 4.06. The summed E-state index contributed by atoms with van der Waals surface area (Å²) in [6.45, 7) is 3.85. The molecule has 3 nitrogen and oxygen atoms in total. The van der Waals surface area contributed by atoms with Crippen LogP contribution < -0.4 is 10.1 Å². The quantitative estimate of drug-likeness (QED) is 0.753. The molecule has 1 N–H and O–H groups in total. The number of nitrogens with zero attached hydrogens (tertiary/aromatic N) is 1. The summed E-state index contributed by atoms with van der Waals surface area (Å²) in [5, 5.41) is 4.83. The summed E-state index contributed by atoms with van der Waals surface area (Å²) in [6.07, 6.45) is 2.20. The molecule has 1 aromatic heterocycles. The van der Waals surface area contributed by atoms with E-state index in [0.717, 1.165) is 49.3 Å². The second kappa shape index (κ2) is 4.50. The minimum atomic E-state index is 0.761. The summed E-state index contributed by atoms with van der Waals surface area (Å²) in [5.41, 5.74) is 4.24. The maximum absolute atomic E-state index is 5.89. The molecule has 0 amide bonds. The van der Waals surface area contributed by atoms with Gasteiger partial charge in [0.2, 0.25) is 0 Å². The molecule has 0 bridgehead atoms. The lowest BCUT2D eigenvalue weighted by molar-refractivity contribution is 0.283. The van der Waals surface area contributed by atoms with Crippen LogP contribution in [0.3, 0.4) is 0 Å². The standard InChI is InChI=1S/C14H14Br2N2O/c15-9-7-10(16)14-13-12(9)8-1-3-17-4-2-11(8)18(13)5-6-19-14/h7,17H,1-6H2. The van der Waals surface area contributed by atoms with E-state index in [0.29, 0.717) is 0 Å². The lowest BCUT2D eigenvalue weighted by atomic mass is 10.1. The van der Waals surface area contributed by atoms with Crippen molar-refractivity contribution in [1.29, 1.82) is 0 Å². The van der Waals surface area contributed by atoms with Gasteiger partial charge in [-0.1, -0.05) is 15.9 Å². The molecule has 0 saturated carbocycles. The highest BCUT2D eigenvalue weighted by Crippen LogP contribution is 2.44. The number of fused-ring (bicyclic) bond motifs is 3. The predicted molar refractivity (Wildman–Crippen MR) is 83.1 cm³/mol. The molecule has 5 heteroatoms. The van der Waals surface area contributed by atoms with E-state index in [1.807, 2.05) is 0 Å². The number of ether oxygens (including phenoxy) is 1. The molecular formula is C14H14Br2N2O. The van der Waals surface area contributed by atoms with Gasteiger partial charge >= 0.3 is 0 Å². The third-order valence-corrected chi connectivity index (χ3v) is 5.27. The van der Waals surface area contributed by atoms with Crippen molar-refractivity contribution in [2.24, 2.45) is 0 Å². The lowest BCUT2D eigenvalue weighted by Crippen LogP contribution is -2.19. The van der Waals surface area contributed by atoms with Crippen LogP contribution in [0.25, 0.3) is 10.9 Å². The topological polar surface area (TPSA) is 26.2 Å². The van der Waals surface area contributed by atoms with Crippen molar-refractivity contribution >= 4 is 42.8 Å². The molecule has 1 aromatic carbocycles. The zero-order valence-electron chi connectivity index (χ0n) is 10.4. The summed E-state index contributed by atoms with van der Waals surface area (Å²) >= 11 is 7.36. The van der Waals surface area contributed by atoms with Crippen LogP contribution in [0.2, 0.25) is 0 Å². The van der Waals surface area contributed by atoms with Crippen LogP contribution in [0.5, 0.6) is 5.75 Å². The van der Waals surface area contributed by atoms with Gasteiger partial charge in [-0.25, -0.2) is 0 Å². The first-order valence-electron chi connectivity index (χ1n) is 6.63. The summed E-state index contributed by atoms with van der Waals surface area (Å²) in [4.78, 5) is 0. The van der Waals surface area contributed by atoms with Gasteiger partial charge in [-0.2, -0.15) is 0 Å². The van der Waals surface area contributed by atoms with E-state index >= 15 is 0 Å². The maximum atomic E-state index is 5.89. The second-order valence-corrected chi connectivity index (χ2v) is 6.78. The highest BCUT2D eigenvalue weighted by molar-refractivity contribution is 9.11. The van der Waals surface area contributed by atoms with Crippen molar-refractivity contribution in [2.45, 2.75) is 19.4 Å². The first-order valence-corrected chi connectivity index (χ1v) is 8.21. The molecule has 0 atom stereocenters. The van der Waals surface area contributed by atoms with Crippen LogP contribution >= 0.6 is 31.9 Å². The van der Waals surface area contributed by atoms with Gasteiger partial charge in [-0.15, -0.1) is 0 Å². The molecule has 3 heterocycles. The Morgan fingerprint density at radius 3 is 2.89 bits per heavy atom. The summed E-state index contributed by atoms with van der Waals surface area (Å²) in [6, 6.07) is 2.12. The maximum Gasteiger partial charge on any atom is 0.157 e. The third kappa shape index (κ3) is 1.71. The number of hydrogen-bond donors (Lipinski definition) is 1. The molecule has 2 aliphatic heterocycles. The highest BCUT2D eigenvalue weighted by Gasteiger charge is 2.26. The van der Waals surface area contributed by atoms with E-state index in [4.69, 9.17) is 4.74 Å². The molecular weight excluding hydrogens is 372 g/mol. The number of aromatic nitrogens is 1. The lowest BCUT2D eigenvalue weighted by Gasteiger charge is -2.20. The fourth-order valence-corrected chi connectivity index (χ4v) is 4.79. The molecule has 0 saturated heterocycles. The minimum absolute atomic E-state index is 0.761. The van der Waals surface area contributed by atoms with Gasteiger partial charge < -0.3 is 14.6 Å². The van der Waals surface area contributed by atoms with Crippen LogP contribution in [0, 0.1) is 0 Å². The summed E-state index contributed by atoms with van der Waals surface area (Å²) < 4.78 is 10.6. The molecule has 4 rings (SSSR count). The van der Waals surface area contributed by atoms with Crippen LogP contribution in [0.1, 0.15) is 11.3 Å². The van der Waals surface area contributed by atoms with Crippen LogP contribution in [0.4, 0.5) is 0 Å². The van der Waals surface area contributed by atoms with E-state index in [-0.39, 0.29) is 0 Å². The van der Waals surface area contributed by atoms with Gasteiger partial charge in [0.15, 0.2) is 5.75 Å². The highest BCUT2D eigenvalue weighted by atomic mass is 79.9. The van der Waals surface area contributed by atoms with Gasteiger partial charge in [0, 0.05) is 28.5 Å². The molecule has 0 radical (unpaired) electrons. The molecule has 0 spiro atoms. The monoisotopic (exact) mass is 384 g/mol. The average Bonchev–Trinajstić information content (AvgIpc) is 2.57. The molecule has 2 aromatic rings. The largest absolute Gasteiger partial charge is 0.488 e. The average molecular weight is 386 g/mol. The Morgan fingerprint density at radius 1 is 1.16 bits per heavy atom. The van der Waals surface area contributed by atoms with E-state index in [1.165, 1.54) is 26.6 Å².